The van der Waals surface area contributed by atoms with Gasteiger partial charge in [-0.1, -0.05) is 42.5 Å². The smallest absolute Gasteiger partial charge is 0.412 e. The van der Waals surface area contributed by atoms with Crippen molar-refractivity contribution in [3.8, 4) is 5.75 Å². The summed E-state index contributed by atoms with van der Waals surface area (Å²) in [5.74, 6) is 0.579. The monoisotopic (exact) mass is 655 g/mol. The van der Waals surface area contributed by atoms with E-state index in [4.69, 9.17) is 13.9 Å². The Morgan fingerprint density at radius 3 is 2.40 bits per heavy atom. The van der Waals surface area contributed by atoms with E-state index in [0.717, 1.165) is 36.5 Å². The van der Waals surface area contributed by atoms with Crippen LogP contribution in [0, 0.1) is 6.92 Å². The molecule has 2 amide bonds. The van der Waals surface area contributed by atoms with Gasteiger partial charge in [0.1, 0.15) is 24.0 Å². The van der Waals surface area contributed by atoms with Crippen molar-refractivity contribution in [3.05, 3.63) is 93.8 Å². The van der Waals surface area contributed by atoms with Gasteiger partial charge < -0.3 is 24.1 Å². The van der Waals surface area contributed by atoms with Gasteiger partial charge in [0.25, 0.3) is 6.01 Å². The molecule has 0 spiro atoms. The highest BCUT2D eigenvalue weighted by Crippen LogP contribution is 2.25. The molecule has 1 fully saturated rings. The topological polar surface area (TPSA) is 126 Å². The van der Waals surface area contributed by atoms with E-state index in [1.54, 1.807) is 51.8 Å². The number of aromatic nitrogens is 1. The number of likely N-dealkylation sites (tertiary alicyclic amines) is 1. The maximum Gasteiger partial charge on any atom is 0.412 e. The van der Waals surface area contributed by atoms with E-state index in [9.17, 15) is 14.4 Å². The van der Waals surface area contributed by atoms with Gasteiger partial charge in [0, 0.05) is 32.2 Å². The number of carbonyl (C=O) groups is 2. The summed E-state index contributed by atoms with van der Waals surface area (Å²) in [6.45, 7) is 11.2. The molecule has 0 unspecified atom stereocenters. The molecule has 4 aromatic rings. The molecule has 254 valence electrons. The zero-order valence-corrected chi connectivity index (χ0v) is 28.4. The van der Waals surface area contributed by atoms with E-state index in [1.807, 2.05) is 54.6 Å². The molecule has 0 bridgehead atoms. The number of ether oxygens (including phenoxy) is 2. The zero-order valence-electron chi connectivity index (χ0n) is 28.4. The third-order valence-electron chi connectivity index (χ3n) is 8.17. The maximum absolute atomic E-state index is 13.9. The molecule has 1 atom stereocenters. The van der Waals surface area contributed by atoms with Gasteiger partial charge >= 0.3 is 11.7 Å². The summed E-state index contributed by atoms with van der Waals surface area (Å²) in [5, 5.41) is 6.01. The molecule has 1 aliphatic rings. The maximum atomic E-state index is 13.9. The summed E-state index contributed by atoms with van der Waals surface area (Å²) in [4.78, 5) is 48.1. The number of fused-ring (bicyclic) bond motifs is 1. The van der Waals surface area contributed by atoms with E-state index in [1.165, 1.54) is 12.8 Å². The Bertz CT molecular complexity index is 1760. The highest BCUT2D eigenvalue weighted by molar-refractivity contribution is 5.93. The first-order valence-corrected chi connectivity index (χ1v) is 16.4. The third-order valence-corrected chi connectivity index (χ3v) is 8.17. The molecule has 2 heterocycles. The Morgan fingerprint density at radius 1 is 1.00 bits per heavy atom. The normalized spacial score (nSPS) is 14.0. The van der Waals surface area contributed by atoms with Gasteiger partial charge in [-0.25, -0.2) is 9.59 Å². The summed E-state index contributed by atoms with van der Waals surface area (Å²) < 4.78 is 16.9. The molecule has 1 aliphatic heterocycles. The highest BCUT2D eigenvalue weighted by Gasteiger charge is 2.25. The highest BCUT2D eigenvalue weighted by atomic mass is 16.6. The van der Waals surface area contributed by atoms with Crippen LogP contribution in [0.4, 0.5) is 16.5 Å². The minimum absolute atomic E-state index is 0.0759. The van der Waals surface area contributed by atoms with Crippen LogP contribution in [-0.2, 0) is 22.5 Å². The lowest BCUT2D eigenvalue weighted by atomic mass is 10.0. The van der Waals surface area contributed by atoms with Crippen LogP contribution in [0.1, 0.15) is 50.3 Å². The van der Waals surface area contributed by atoms with Crippen LogP contribution in [0.25, 0.3) is 10.9 Å². The molecule has 48 heavy (non-hydrogen) atoms. The summed E-state index contributed by atoms with van der Waals surface area (Å²) >= 11 is 0. The van der Waals surface area contributed by atoms with Crippen molar-refractivity contribution in [1.82, 2.24) is 14.8 Å². The first kappa shape index (κ1) is 34.4. The molecule has 1 aromatic heterocycles. The number of likely N-dealkylation sites (N-methyl/N-ethyl adjacent to an activating group) is 1. The molecule has 0 radical (unpaired) electrons. The van der Waals surface area contributed by atoms with E-state index in [2.05, 4.69) is 20.5 Å². The molecular weight excluding hydrogens is 610 g/mol. The first-order valence-electron chi connectivity index (χ1n) is 16.4. The molecule has 5 rings (SSSR count). The van der Waals surface area contributed by atoms with Crippen molar-refractivity contribution in [2.24, 2.45) is 0 Å². The fraction of sp³-hybridized carbons (Fsp3) is 0.405. The molecule has 1 saturated heterocycles. The van der Waals surface area contributed by atoms with Crippen LogP contribution in [0.5, 0.6) is 5.75 Å². The summed E-state index contributed by atoms with van der Waals surface area (Å²) in [6, 6.07) is 19.8. The third kappa shape index (κ3) is 9.34. The zero-order chi connectivity index (χ0) is 34.3. The Hall–Kier alpha value is -4.90. The number of carbonyl (C=O) groups excluding carboxylic acids is 2. The number of benzene rings is 3. The Balaban J connectivity index is 1.34. The number of amides is 2. The Kier molecular flexibility index (Phi) is 11.0. The van der Waals surface area contributed by atoms with Gasteiger partial charge in [0.05, 0.1) is 10.9 Å². The number of aryl methyl sites for hydroxylation is 1. The van der Waals surface area contributed by atoms with Crippen LogP contribution in [0.2, 0.25) is 0 Å². The van der Waals surface area contributed by atoms with E-state index in [0.29, 0.717) is 36.3 Å². The van der Waals surface area contributed by atoms with Crippen molar-refractivity contribution in [1.29, 1.82) is 0 Å². The van der Waals surface area contributed by atoms with Crippen molar-refractivity contribution >= 4 is 34.6 Å². The van der Waals surface area contributed by atoms with Crippen LogP contribution in [-0.4, -0.2) is 71.7 Å². The molecule has 2 N–H and O–H groups in total. The fourth-order valence-electron chi connectivity index (χ4n) is 5.74. The van der Waals surface area contributed by atoms with Crippen molar-refractivity contribution in [3.63, 3.8) is 0 Å². The van der Waals surface area contributed by atoms with Gasteiger partial charge in [-0.2, -0.15) is 4.98 Å². The van der Waals surface area contributed by atoms with E-state index >= 15 is 0 Å². The minimum atomic E-state index is -0.789. The molecule has 3 aromatic carbocycles. The average Bonchev–Trinajstić information content (AvgIpc) is 3.56. The van der Waals surface area contributed by atoms with E-state index in [-0.39, 0.29) is 17.3 Å². The quantitative estimate of drug-likeness (QED) is 0.189. The lowest BCUT2D eigenvalue weighted by Crippen LogP contribution is -2.42. The van der Waals surface area contributed by atoms with Crippen molar-refractivity contribution in [2.75, 3.05) is 43.9 Å². The van der Waals surface area contributed by atoms with Crippen LogP contribution in [0.3, 0.4) is 0 Å². The standard InChI is InChI=1S/C37H45N5O6/c1-25-29(40-36(45)48-37(2,3)4)17-18-30-32(25)34(44)47-35(38-30)39-31(33(43)41(5)24-27-11-7-6-8-12-27)23-26-13-15-28(16-14-26)46-22-21-42-19-9-10-20-42/h6-8,11-18,31H,9-10,19-24H2,1-5H3,(H,38,39)(H,40,45)/t31-/m0/s1. The van der Waals surface area contributed by atoms with Crippen molar-refractivity contribution < 1.29 is 23.5 Å². The van der Waals surface area contributed by atoms with Crippen LogP contribution >= 0.6 is 0 Å². The fourth-order valence-corrected chi connectivity index (χ4v) is 5.74. The van der Waals surface area contributed by atoms with Crippen molar-refractivity contribution in [2.45, 2.75) is 65.1 Å². The average molecular weight is 656 g/mol. The Morgan fingerprint density at radius 2 is 1.71 bits per heavy atom. The Labute approximate surface area is 281 Å². The van der Waals surface area contributed by atoms with E-state index < -0.39 is 23.4 Å². The lowest BCUT2D eigenvalue weighted by Gasteiger charge is -2.25. The molecule has 0 aliphatic carbocycles. The second-order valence-electron chi connectivity index (χ2n) is 13.2. The lowest BCUT2D eigenvalue weighted by molar-refractivity contribution is -0.131. The van der Waals surface area contributed by atoms with Crippen LogP contribution < -0.4 is 21.0 Å². The largest absolute Gasteiger partial charge is 0.492 e. The predicted octanol–water partition coefficient (Wildman–Crippen LogP) is 6.00. The van der Waals surface area contributed by atoms with Gasteiger partial charge in [-0.15, -0.1) is 0 Å². The number of anilines is 2. The number of hydrogen-bond acceptors (Lipinski definition) is 9. The van der Waals surface area contributed by atoms with Gasteiger partial charge in [-0.3, -0.25) is 15.0 Å². The number of hydrogen-bond donors (Lipinski definition) is 2. The second-order valence-corrected chi connectivity index (χ2v) is 13.2. The molecule has 0 saturated carbocycles. The van der Waals surface area contributed by atoms with Gasteiger partial charge in [0.15, 0.2) is 0 Å². The van der Waals surface area contributed by atoms with Gasteiger partial charge in [-0.05, 0) is 94.6 Å². The number of nitrogens with zero attached hydrogens (tertiary/aromatic N) is 3. The SMILES string of the molecule is Cc1c(NC(=O)OC(C)(C)C)ccc2nc(N[C@@H](Cc3ccc(OCCN4CCCC4)cc3)C(=O)N(C)Cc3ccccc3)oc(=O)c12. The molecule has 11 heteroatoms. The minimum Gasteiger partial charge on any atom is -0.492 e. The molecular formula is C37H45N5O6. The number of nitrogens with one attached hydrogen (secondary N) is 2. The summed E-state index contributed by atoms with van der Waals surface area (Å²) in [7, 11) is 1.74. The first-order chi connectivity index (χ1) is 22.9. The summed E-state index contributed by atoms with van der Waals surface area (Å²) in [5.41, 5.74) is 1.83. The summed E-state index contributed by atoms with van der Waals surface area (Å²) in [6.07, 6.45) is 2.17. The molecule has 11 nitrogen and oxygen atoms in total. The second kappa shape index (κ2) is 15.3. The van der Waals surface area contributed by atoms with Crippen LogP contribution in [0.15, 0.2) is 75.9 Å². The van der Waals surface area contributed by atoms with Gasteiger partial charge in [0.2, 0.25) is 5.91 Å². The predicted molar refractivity (Wildman–Crippen MR) is 187 cm³/mol. The number of rotatable bonds is 12.